The van der Waals surface area contributed by atoms with Crippen molar-refractivity contribution in [3.8, 4) is 0 Å². The molecule has 2 aliphatic rings. The lowest BCUT2D eigenvalue weighted by Gasteiger charge is -2.16. The summed E-state index contributed by atoms with van der Waals surface area (Å²) >= 11 is 4.90. The Bertz CT molecular complexity index is 637. The third kappa shape index (κ3) is 3.62. The second-order valence-electron chi connectivity index (χ2n) is 6.08. The van der Waals surface area contributed by atoms with Gasteiger partial charge in [0, 0.05) is 12.1 Å². The molecule has 0 atom stereocenters. The van der Waals surface area contributed by atoms with Crippen LogP contribution in [-0.4, -0.2) is 20.0 Å². The summed E-state index contributed by atoms with van der Waals surface area (Å²) in [5.41, 5.74) is 6.14. The smallest absolute Gasteiger partial charge is 0.240 e. The molecule has 0 heterocycles. The fourth-order valence-electron chi connectivity index (χ4n) is 2.87. The lowest BCUT2D eigenvalue weighted by atomic mass is 9.99. The van der Waals surface area contributed by atoms with Crippen molar-refractivity contribution in [2.24, 2.45) is 23.5 Å². The Morgan fingerprint density at radius 1 is 1.29 bits per heavy atom. The Labute approximate surface area is 131 Å². The summed E-state index contributed by atoms with van der Waals surface area (Å²) in [7, 11) is -3.49. The first kappa shape index (κ1) is 14.9. The zero-order valence-electron chi connectivity index (χ0n) is 11.8. The molecule has 0 amide bonds. The summed E-state index contributed by atoms with van der Waals surface area (Å²) in [6.45, 7) is 0.551. The zero-order valence-corrected chi connectivity index (χ0v) is 13.4. The predicted molar refractivity (Wildman–Crippen MR) is 86.5 cm³/mol. The number of hydrogen-bond donors (Lipinski definition) is 2. The van der Waals surface area contributed by atoms with Gasteiger partial charge in [0.05, 0.1) is 4.90 Å². The van der Waals surface area contributed by atoms with Gasteiger partial charge in [-0.15, -0.1) is 0 Å². The van der Waals surface area contributed by atoms with Gasteiger partial charge in [0.2, 0.25) is 10.0 Å². The number of rotatable bonds is 7. The quantitative estimate of drug-likeness (QED) is 0.753. The van der Waals surface area contributed by atoms with E-state index in [0.717, 1.165) is 11.8 Å². The molecule has 21 heavy (non-hydrogen) atoms. The standard InChI is InChI=1S/C15H20N2O2S2/c16-15(20)12-2-1-3-13(8-12)21(18,19)17-9-14(10-4-5-10)11-6-7-11/h1-3,8,10-11,14,17H,4-7,9H2,(H2,16,20). The van der Waals surface area contributed by atoms with Gasteiger partial charge >= 0.3 is 0 Å². The molecule has 2 fully saturated rings. The number of benzene rings is 1. The van der Waals surface area contributed by atoms with Crippen molar-refractivity contribution in [3.05, 3.63) is 29.8 Å². The minimum atomic E-state index is -3.49. The third-order valence-corrected chi connectivity index (χ3v) is 6.05. The van der Waals surface area contributed by atoms with Crippen molar-refractivity contribution in [1.29, 1.82) is 0 Å². The van der Waals surface area contributed by atoms with E-state index in [4.69, 9.17) is 18.0 Å². The highest BCUT2D eigenvalue weighted by Gasteiger charge is 2.41. The Balaban J connectivity index is 1.71. The summed E-state index contributed by atoms with van der Waals surface area (Å²) in [5.74, 6) is 1.96. The van der Waals surface area contributed by atoms with E-state index in [2.05, 4.69) is 4.72 Å². The van der Waals surface area contributed by atoms with Crippen LogP contribution in [0, 0.1) is 17.8 Å². The molecule has 0 aliphatic heterocycles. The molecule has 2 aliphatic carbocycles. The molecule has 1 aromatic carbocycles. The normalized spacial score (nSPS) is 18.9. The number of thiocarbonyl (C=S) groups is 1. The first-order valence-corrected chi connectivity index (χ1v) is 9.26. The Kier molecular flexibility index (Phi) is 4.03. The molecule has 6 heteroatoms. The maximum absolute atomic E-state index is 12.4. The average Bonchev–Trinajstić information content (AvgIpc) is 3.32. The van der Waals surface area contributed by atoms with Crippen LogP contribution in [-0.2, 0) is 10.0 Å². The molecular formula is C15H20N2O2S2. The first-order valence-electron chi connectivity index (χ1n) is 7.37. The second kappa shape index (κ2) is 5.66. The van der Waals surface area contributed by atoms with E-state index in [0.29, 0.717) is 18.0 Å². The molecule has 0 unspecified atom stereocenters. The van der Waals surface area contributed by atoms with E-state index in [1.54, 1.807) is 18.2 Å². The minimum absolute atomic E-state index is 0.209. The van der Waals surface area contributed by atoms with Crippen LogP contribution in [0.25, 0.3) is 0 Å². The molecule has 0 saturated heterocycles. The van der Waals surface area contributed by atoms with Gasteiger partial charge < -0.3 is 5.73 Å². The first-order chi connectivity index (χ1) is 9.97. The van der Waals surface area contributed by atoms with Crippen LogP contribution in [0.5, 0.6) is 0 Å². The summed E-state index contributed by atoms with van der Waals surface area (Å²) in [5, 5.41) is 0. The zero-order chi connectivity index (χ0) is 15.0. The molecule has 0 radical (unpaired) electrons. The fourth-order valence-corrected chi connectivity index (χ4v) is 4.12. The van der Waals surface area contributed by atoms with Crippen molar-refractivity contribution < 1.29 is 8.42 Å². The van der Waals surface area contributed by atoms with Gasteiger partial charge in [-0.2, -0.15) is 0 Å². The monoisotopic (exact) mass is 324 g/mol. The van der Waals surface area contributed by atoms with Gasteiger partial charge in [0.1, 0.15) is 4.99 Å². The van der Waals surface area contributed by atoms with Crippen molar-refractivity contribution in [3.63, 3.8) is 0 Å². The highest BCUT2D eigenvalue weighted by Crippen LogP contribution is 2.48. The number of nitrogens with one attached hydrogen (secondary N) is 1. The minimum Gasteiger partial charge on any atom is -0.389 e. The Hall–Kier alpha value is -0.980. The molecule has 3 N–H and O–H groups in total. The van der Waals surface area contributed by atoms with E-state index < -0.39 is 10.0 Å². The Morgan fingerprint density at radius 2 is 1.90 bits per heavy atom. The summed E-state index contributed by atoms with van der Waals surface area (Å²) in [6, 6.07) is 6.50. The van der Waals surface area contributed by atoms with Gasteiger partial charge in [0.25, 0.3) is 0 Å². The van der Waals surface area contributed by atoms with E-state index in [1.807, 2.05) is 0 Å². The molecule has 0 spiro atoms. The van der Waals surface area contributed by atoms with Crippen molar-refractivity contribution in [2.75, 3.05) is 6.54 Å². The molecule has 1 aromatic rings. The van der Waals surface area contributed by atoms with Crippen molar-refractivity contribution in [1.82, 2.24) is 4.72 Å². The van der Waals surface area contributed by atoms with Gasteiger partial charge in [-0.1, -0.05) is 24.4 Å². The van der Waals surface area contributed by atoms with Crippen LogP contribution in [0.4, 0.5) is 0 Å². The van der Waals surface area contributed by atoms with Crippen LogP contribution in [0.3, 0.4) is 0 Å². The lowest BCUT2D eigenvalue weighted by molar-refractivity contribution is 0.401. The van der Waals surface area contributed by atoms with Gasteiger partial charge in [0.15, 0.2) is 0 Å². The largest absolute Gasteiger partial charge is 0.389 e. The molecule has 4 nitrogen and oxygen atoms in total. The van der Waals surface area contributed by atoms with E-state index >= 15 is 0 Å². The lowest BCUT2D eigenvalue weighted by Crippen LogP contribution is -2.31. The Morgan fingerprint density at radius 3 is 2.43 bits per heavy atom. The van der Waals surface area contributed by atoms with E-state index in [1.165, 1.54) is 31.7 Å². The fraction of sp³-hybridized carbons (Fsp3) is 0.533. The topological polar surface area (TPSA) is 72.2 Å². The maximum atomic E-state index is 12.4. The van der Waals surface area contributed by atoms with Crippen molar-refractivity contribution in [2.45, 2.75) is 30.6 Å². The van der Waals surface area contributed by atoms with Gasteiger partial charge in [-0.3, -0.25) is 0 Å². The van der Waals surface area contributed by atoms with Crippen molar-refractivity contribution >= 4 is 27.2 Å². The van der Waals surface area contributed by atoms with E-state index in [-0.39, 0.29) is 9.88 Å². The van der Waals surface area contributed by atoms with E-state index in [9.17, 15) is 8.42 Å². The number of hydrogen-bond acceptors (Lipinski definition) is 3. The van der Waals surface area contributed by atoms with Crippen LogP contribution in [0.1, 0.15) is 31.2 Å². The number of nitrogens with two attached hydrogens (primary N) is 1. The van der Waals surface area contributed by atoms with Crippen LogP contribution >= 0.6 is 12.2 Å². The second-order valence-corrected chi connectivity index (χ2v) is 8.29. The molecular weight excluding hydrogens is 304 g/mol. The summed E-state index contributed by atoms with van der Waals surface area (Å²) < 4.78 is 27.6. The molecule has 3 rings (SSSR count). The maximum Gasteiger partial charge on any atom is 0.240 e. The van der Waals surface area contributed by atoms with Gasteiger partial charge in [-0.25, -0.2) is 13.1 Å². The average molecular weight is 324 g/mol. The summed E-state index contributed by atoms with van der Waals surface area (Å²) in [6.07, 6.45) is 5.00. The van der Waals surface area contributed by atoms with Crippen LogP contribution in [0.2, 0.25) is 0 Å². The SMILES string of the molecule is NC(=S)c1cccc(S(=O)(=O)NCC(C2CC2)C2CC2)c1. The third-order valence-electron chi connectivity index (χ3n) is 4.39. The predicted octanol–water partition coefficient (Wildman–Crippen LogP) is 2.04. The van der Waals surface area contributed by atoms with Crippen LogP contribution < -0.4 is 10.5 Å². The summed E-state index contributed by atoms with van der Waals surface area (Å²) in [4.78, 5) is 0.444. The highest BCUT2D eigenvalue weighted by molar-refractivity contribution is 7.89. The van der Waals surface area contributed by atoms with Crippen LogP contribution in [0.15, 0.2) is 29.2 Å². The van der Waals surface area contributed by atoms with Gasteiger partial charge in [-0.05, 0) is 55.6 Å². The number of sulfonamides is 1. The molecule has 114 valence electrons. The molecule has 0 aromatic heterocycles. The molecule has 2 saturated carbocycles. The molecule has 0 bridgehead atoms. The highest BCUT2D eigenvalue weighted by atomic mass is 32.2.